The Labute approximate surface area is 173 Å². The van der Waals surface area contributed by atoms with Gasteiger partial charge in [0.2, 0.25) is 5.75 Å². The average molecular weight is 421 g/mol. The molecule has 0 unspecified atom stereocenters. The average Bonchev–Trinajstić information content (AvgIpc) is 2.68. The third-order valence-electron chi connectivity index (χ3n) is 3.63. The Kier molecular flexibility index (Phi) is 7.56. The normalized spacial score (nSPS) is 10.8. The highest BCUT2D eigenvalue weighted by Crippen LogP contribution is 2.39. The molecule has 146 valence electrons. The Morgan fingerprint density at radius 1 is 1.18 bits per heavy atom. The second-order valence-electron chi connectivity index (χ2n) is 5.44. The van der Waals surface area contributed by atoms with E-state index in [4.69, 9.17) is 37.4 Å². The summed E-state index contributed by atoms with van der Waals surface area (Å²) in [6.07, 6.45) is 1.42. The van der Waals surface area contributed by atoms with Crippen LogP contribution in [0, 0.1) is 11.3 Å². The second-order valence-corrected chi connectivity index (χ2v) is 6.28. The molecule has 0 radical (unpaired) electrons. The van der Waals surface area contributed by atoms with Gasteiger partial charge in [-0.15, -0.1) is 0 Å². The Morgan fingerprint density at radius 3 is 2.32 bits per heavy atom. The van der Waals surface area contributed by atoms with Crippen molar-refractivity contribution in [1.29, 1.82) is 5.26 Å². The molecule has 8 heteroatoms. The van der Waals surface area contributed by atoms with Crippen LogP contribution < -0.4 is 19.5 Å². The van der Waals surface area contributed by atoms with Crippen LogP contribution in [0.5, 0.6) is 17.2 Å². The maximum Gasteiger partial charge on any atom is 0.266 e. The maximum absolute atomic E-state index is 12.5. The topological polar surface area (TPSA) is 80.6 Å². The number of anilines is 1. The largest absolute Gasteiger partial charge is 0.493 e. The third kappa shape index (κ3) is 5.10. The van der Waals surface area contributed by atoms with Gasteiger partial charge >= 0.3 is 0 Å². The summed E-state index contributed by atoms with van der Waals surface area (Å²) < 4.78 is 16.2. The molecule has 1 amide bonds. The van der Waals surface area contributed by atoms with Gasteiger partial charge in [-0.1, -0.05) is 23.2 Å². The van der Waals surface area contributed by atoms with Crippen LogP contribution in [0.4, 0.5) is 5.69 Å². The quantitative estimate of drug-likeness (QED) is 0.505. The van der Waals surface area contributed by atoms with Crippen LogP contribution in [-0.4, -0.2) is 26.7 Å². The Bertz CT molecular complexity index is 927. The molecule has 0 bridgehead atoms. The fourth-order valence-electron chi connectivity index (χ4n) is 2.37. The molecule has 0 heterocycles. The van der Waals surface area contributed by atoms with Gasteiger partial charge in [-0.3, -0.25) is 4.79 Å². The predicted molar refractivity (Wildman–Crippen MR) is 109 cm³/mol. The molecule has 0 aliphatic heterocycles. The SMILES string of the molecule is CCOc1c(OC)cc(/C=C(/C#N)C(=O)Nc2ccc(Cl)cc2Cl)cc1OC. The molecule has 0 aliphatic carbocycles. The van der Waals surface area contributed by atoms with Crippen LogP contribution in [0.1, 0.15) is 12.5 Å². The number of hydrogen-bond donors (Lipinski definition) is 1. The van der Waals surface area contributed by atoms with Gasteiger partial charge in [0, 0.05) is 5.02 Å². The molecule has 0 saturated heterocycles. The molecule has 2 rings (SSSR count). The van der Waals surface area contributed by atoms with E-state index in [-0.39, 0.29) is 10.6 Å². The van der Waals surface area contributed by atoms with E-state index in [1.165, 1.54) is 26.4 Å². The number of benzene rings is 2. The first-order valence-electron chi connectivity index (χ1n) is 8.20. The van der Waals surface area contributed by atoms with Crippen molar-refractivity contribution in [2.24, 2.45) is 0 Å². The van der Waals surface area contributed by atoms with E-state index in [1.807, 2.05) is 13.0 Å². The van der Waals surface area contributed by atoms with E-state index < -0.39 is 5.91 Å². The molecule has 2 aromatic rings. The van der Waals surface area contributed by atoms with Crippen LogP contribution in [0.3, 0.4) is 0 Å². The number of carbonyl (C=O) groups is 1. The number of nitrogens with one attached hydrogen (secondary N) is 1. The van der Waals surface area contributed by atoms with Crippen molar-refractivity contribution in [2.75, 3.05) is 26.1 Å². The van der Waals surface area contributed by atoms with Crippen LogP contribution in [0.25, 0.3) is 6.08 Å². The molecule has 6 nitrogen and oxygen atoms in total. The number of ether oxygens (including phenoxy) is 3. The summed E-state index contributed by atoms with van der Waals surface area (Å²) in [5.74, 6) is 0.677. The van der Waals surface area contributed by atoms with Gasteiger partial charge in [-0.05, 0) is 48.9 Å². The molecule has 0 fully saturated rings. The van der Waals surface area contributed by atoms with Gasteiger partial charge in [-0.2, -0.15) is 5.26 Å². The van der Waals surface area contributed by atoms with E-state index in [9.17, 15) is 10.1 Å². The molecule has 1 N–H and O–H groups in total. The Hall–Kier alpha value is -2.88. The predicted octanol–water partition coefficient (Wildman–Crippen LogP) is 4.95. The fraction of sp³-hybridized carbons (Fsp3) is 0.200. The molecular weight excluding hydrogens is 403 g/mol. The van der Waals surface area contributed by atoms with Crippen LogP contribution >= 0.6 is 23.2 Å². The van der Waals surface area contributed by atoms with Crippen molar-refractivity contribution in [3.8, 4) is 23.3 Å². The first-order valence-corrected chi connectivity index (χ1v) is 8.96. The summed E-state index contributed by atoms with van der Waals surface area (Å²) in [5.41, 5.74) is 0.754. The fourth-order valence-corrected chi connectivity index (χ4v) is 2.82. The lowest BCUT2D eigenvalue weighted by molar-refractivity contribution is -0.112. The van der Waals surface area contributed by atoms with Gasteiger partial charge in [-0.25, -0.2) is 0 Å². The Balaban J connectivity index is 2.37. The third-order valence-corrected chi connectivity index (χ3v) is 4.17. The van der Waals surface area contributed by atoms with Crippen molar-refractivity contribution in [3.63, 3.8) is 0 Å². The first-order chi connectivity index (χ1) is 13.4. The smallest absolute Gasteiger partial charge is 0.266 e. The van der Waals surface area contributed by atoms with Gasteiger partial charge in [0.25, 0.3) is 5.91 Å². The van der Waals surface area contributed by atoms with Crippen LogP contribution in [-0.2, 0) is 4.79 Å². The highest BCUT2D eigenvalue weighted by Gasteiger charge is 2.16. The summed E-state index contributed by atoms with van der Waals surface area (Å²) in [6.45, 7) is 2.27. The zero-order valence-corrected chi connectivity index (χ0v) is 17.0. The summed E-state index contributed by atoms with van der Waals surface area (Å²) in [4.78, 5) is 12.5. The minimum Gasteiger partial charge on any atom is -0.493 e. The summed E-state index contributed by atoms with van der Waals surface area (Å²) in [7, 11) is 2.98. The highest BCUT2D eigenvalue weighted by molar-refractivity contribution is 6.36. The van der Waals surface area contributed by atoms with Gasteiger partial charge in [0.1, 0.15) is 11.6 Å². The first kappa shape index (κ1) is 21.4. The number of hydrogen-bond acceptors (Lipinski definition) is 5. The van der Waals surface area contributed by atoms with Gasteiger partial charge in [0.15, 0.2) is 11.5 Å². The summed E-state index contributed by atoms with van der Waals surface area (Å²) in [5, 5.41) is 12.7. The molecule has 0 aromatic heterocycles. The van der Waals surface area contributed by atoms with Crippen molar-refractivity contribution in [2.45, 2.75) is 6.92 Å². The van der Waals surface area contributed by atoms with Crippen molar-refractivity contribution in [1.82, 2.24) is 0 Å². The number of carbonyl (C=O) groups excluding carboxylic acids is 1. The molecule has 0 atom stereocenters. The summed E-state index contributed by atoms with van der Waals surface area (Å²) in [6, 6.07) is 9.81. The highest BCUT2D eigenvalue weighted by atomic mass is 35.5. The van der Waals surface area contributed by atoms with Gasteiger partial charge in [0.05, 0.1) is 31.5 Å². The zero-order valence-electron chi connectivity index (χ0n) is 15.5. The molecule has 0 saturated carbocycles. The number of nitrogens with zero attached hydrogens (tertiary/aromatic N) is 1. The zero-order chi connectivity index (χ0) is 20.7. The van der Waals surface area contributed by atoms with Crippen molar-refractivity contribution < 1.29 is 19.0 Å². The lowest BCUT2D eigenvalue weighted by Crippen LogP contribution is -2.13. The minimum absolute atomic E-state index is 0.126. The monoisotopic (exact) mass is 420 g/mol. The number of rotatable bonds is 7. The molecule has 2 aromatic carbocycles. The molecule has 28 heavy (non-hydrogen) atoms. The van der Waals surface area contributed by atoms with Gasteiger partial charge < -0.3 is 19.5 Å². The van der Waals surface area contributed by atoms with E-state index in [0.717, 1.165) is 0 Å². The van der Waals surface area contributed by atoms with E-state index in [0.29, 0.717) is 40.1 Å². The number of methoxy groups -OCH3 is 2. The van der Waals surface area contributed by atoms with E-state index in [1.54, 1.807) is 24.3 Å². The van der Waals surface area contributed by atoms with E-state index in [2.05, 4.69) is 5.32 Å². The second kappa shape index (κ2) is 9.88. The number of amides is 1. The summed E-state index contributed by atoms with van der Waals surface area (Å²) >= 11 is 11.9. The lowest BCUT2D eigenvalue weighted by Gasteiger charge is -2.14. The number of halogens is 2. The van der Waals surface area contributed by atoms with Crippen molar-refractivity contribution in [3.05, 3.63) is 51.5 Å². The van der Waals surface area contributed by atoms with Crippen molar-refractivity contribution >= 4 is 40.9 Å². The molecular formula is C20H18Cl2N2O4. The van der Waals surface area contributed by atoms with Crippen LogP contribution in [0.15, 0.2) is 35.9 Å². The maximum atomic E-state index is 12.5. The van der Waals surface area contributed by atoms with E-state index >= 15 is 0 Å². The molecule has 0 aliphatic rings. The minimum atomic E-state index is -0.612. The standard InChI is InChI=1S/C20H18Cl2N2O4/c1-4-28-19-17(26-2)8-12(9-18(19)27-3)7-13(11-23)20(25)24-16-6-5-14(21)10-15(16)22/h5-10H,4H2,1-3H3,(H,24,25)/b13-7-. The van der Waals surface area contributed by atoms with Crippen LogP contribution in [0.2, 0.25) is 10.0 Å². The lowest BCUT2D eigenvalue weighted by atomic mass is 10.1. The number of nitriles is 1. The Morgan fingerprint density at radius 2 is 1.82 bits per heavy atom. The molecule has 0 spiro atoms.